The number of amides is 1. The van der Waals surface area contributed by atoms with Gasteiger partial charge < -0.3 is 14.4 Å². The first-order chi connectivity index (χ1) is 13.1. The van der Waals surface area contributed by atoms with Crippen molar-refractivity contribution in [2.75, 3.05) is 33.3 Å². The molecule has 0 N–H and O–H groups in total. The van der Waals surface area contributed by atoms with Crippen molar-refractivity contribution in [1.29, 1.82) is 0 Å². The molecule has 1 aromatic carbocycles. The second kappa shape index (κ2) is 9.01. The summed E-state index contributed by atoms with van der Waals surface area (Å²) in [5.74, 6) is -0.455. The van der Waals surface area contributed by atoms with E-state index in [1.807, 2.05) is 4.90 Å². The molecule has 0 saturated carbocycles. The van der Waals surface area contributed by atoms with Gasteiger partial charge >= 0.3 is 12.1 Å². The number of nitro benzene ring substituents is 1. The maximum Gasteiger partial charge on any atom is 0.410 e. The van der Waals surface area contributed by atoms with Gasteiger partial charge in [-0.1, -0.05) is 18.2 Å². The smallest absolute Gasteiger partial charge is 0.410 e. The molecule has 0 aliphatic carbocycles. The number of para-hydroxylation sites is 1. The molecule has 1 fully saturated rings. The number of benzene rings is 1. The lowest BCUT2D eigenvalue weighted by Gasteiger charge is -2.38. The zero-order chi connectivity index (χ0) is 20.9. The van der Waals surface area contributed by atoms with E-state index in [-0.39, 0.29) is 18.2 Å². The average molecular weight is 393 g/mol. The number of methoxy groups -OCH3 is 1. The van der Waals surface area contributed by atoms with Crippen LogP contribution in [-0.2, 0) is 20.7 Å². The lowest BCUT2D eigenvalue weighted by atomic mass is 10.0. The average Bonchev–Trinajstić information content (AvgIpc) is 2.64. The fourth-order valence-corrected chi connectivity index (χ4v) is 3.11. The van der Waals surface area contributed by atoms with E-state index in [9.17, 15) is 19.7 Å². The van der Waals surface area contributed by atoms with E-state index in [1.165, 1.54) is 13.2 Å². The van der Waals surface area contributed by atoms with Crippen LogP contribution in [-0.4, -0.2) is 71.7 Å². The van der Waals surface area contributed by atoms with E-state index in [2.05, 4.69) is 0 Å². The van der Waals surface area contributed by atoms with E-state index in [4.69, 9.17) is 9.47 Å². The first-order valence-corrected chi connectivity index (χ1v) is 9.14. The third-order valence-corrected chi connectivity index (χ3v) is 4.48. The van der Waals surface area contributed by atoms with Crippen LogP contribution < -0.4 is 0 Å². The Kier molecular flexibility index (Phi) is 6.95. The topological polar surface area (TPSA) is 102 Å². The quantitative estimate of drug-likeness (QED) is 0.429. The molecular weight excluding hydrogens is 366 g/mol. The van der Waals surface area contributed by atoms with Gasteiger partial charge in [-0.2, -0.15) is 0 Å². The molecule has 1 aromatic rings. The van der Waals surface area contributed by atoms with Crippen LogP contribution in [0.15, 0.2) is 24.3 Å². The van der Waals surface area contributed by atoms with E-state index in [0.29, 0.717) is 31.7 Å². The summed E-state index contributed by atoms with van der Waals surface area (Å²) in [7, 11) is 1.30. The number of esters is 1. The Hall–Kier alpha value is -2.68. The fourth-order valence-electron chi connectivity index (χ4n) is 3.11. The zero-order valence-corrected chi connectivity index (χ0v) is 16.7. The Labute approximate surface area is 164 Å². The number of nitro groups is 1. The van der Waals surface area contributed by atoms with Crippen LogP contribution in [0.5, 0.6) is 0 Å². The summed E-state index contributed by atoms with van der Waals surface area (Å²) >= 11 is 0. The Bertz CT molecular complexity index is 723. The van der Waals surface area contributed by atoms with Crippen molar-refractivity contribution in [2.24, 2.45) is 0 Å². The molecule has 1 amide bonds. The molecule has 1 aliphatic rings. The number of hydrogen-bond donors (Lipinski definition) is 0. The van der Waals surface area contributed by atoms with E-state index < -0.39 is 22.5 Å². The molecule has 9 nitrogen and oxygen atoms in total. The summed E-state index contributed by atoms with van der Waals surface area (Å²) in [6.45, 7) is 7.11. The van der Waals surface area contributed by atoms with Gasteiger partial charge in [-0.05, 0) is 20.8 Å². The summed E-state index contributed by atoms with van der Waals surface area (Å²) in [5.41, 5.74) is -0.129. The number of piperazine rings is 1. The van der Waals surface area contributed by atoms with Crippen molar-refractivity contribution in [1.82, 2.24) is 9.80 Å². The first kappa shape index (κ1) is 21.6. The highest BCUT2D eigenvalue weighted by Crippen LogP contribution is 2.22. The lowest BCUT2D eigenvalue weighted by molar-refractivity contribution is -0.385. The summed E-state index contributed by atoms with van der Waals surface area (Å²) in [4.78, 5) is 38.9. The Morgan fingerprint density at radius 3 is 2.32 bits per heavy atom. The maximum absolute atomic E-state index is 12.4. The third kappa shape index (κ3) is 5.66. The predicted octanol–water partition coefficient (Wildman–Crippen LogP) is 2.23. The molecule has 1 aliphatic heterocycles. The van der Waals surface area contributed by atoms with Gasteiger partial charge in [0.2, 0.25) is 0 Å². The number of rotatable bonds is 5. The first-order valence-electron chi connectivity index (χ1n) is 9.14. The van der Waals surface area contributed by atoms with Crippen molar-refractivity contribution >= 4 is 17.7 Å². The van der Waals surface area contributed by atoms with Crippen LogP contribution >= 0.6 is 0 Å². The molecule has 0 spiro atoms. The van der Waals surface area contributed by atoms with Crippen molar-refractivity contribution in [3.05, 3.63) is 39.9 Å². The summed E-state index contributed by atoms with van der Waals surface area (Å²) in [6, 6.07) is 5.70. The Morgan fingerprint density at radius 1 is 1.18 bits per heavy atom. The van der Waals surface area contributed by atoms with Crippen molar-refractivity contribution in [3.8, 4) is 0 Å². The molecule has 0 aromatic heterocycles. The van der Waals surface area contributed by atoms with E-state index in [0.717, 1.165) is 0 Å². The highest BCUT2D eigenvalue weighted by Gasteiger charge is 2.33. The molecule has 0 radical (unpaired) electrons. The lowest BCUT2D eigenvalue weighted by Crippen LogP contribution is -2.55. The van der Waals surface area contributed by atoms with Gasteiger partial charge in [0.05, 0.1) is 12.0 Å². The Morgan fingerprint density at radius 2 is 1.79 bits per heavy atom. The minimum absolute atomic E-state index is 0.0243. The van der Waals surface area contributed by atoms with Gasteiger partial charge in [-0.15, -0.1) is 0 Å². The second-order valence-corrected chi connectivity index (χ2v) is 7.63. The third-order valence-electron chi connectivity index (χ3n) is 4.48. The number of nitrogens with zero attached hydrogens (tertiary/aromatic N) is 3. The molecule has 1 saturated heterocycles. The molecule has 1 heterocycles. The molecule has 9 heteroatoms. The molecule has 2 rings (SSSR count). The number of ether oxygens (including phenoxy) is 2. The van der Waals surface area contributed by atoms with Gasteiger partial charge in [0.1, 0.15) is 11.6 Å². The number of carbonyl (C=O) groups is 2. The van der Waals surface area contributed by atoms with Crippen LogP contribution in [0.3, 0.4) is 0 Å². The SMILES string of the molecule is COC(=O)[C@@H](Cc1ccccc1[N+](=O)[O-])N1CCN(C(=O)OC(C)(C)C)CC1. The summed E-state index contributed by atoms with van der Waals surface area (Å²) < 4.78 is 10.3. The number of carbonyl (C=O) groups excluding carboxylic acids is 2. The zero-order valence-electron chi connectivity index (χ0n) is 16.7. The molecular formula is C19H27N3O6. The Balaban J connectivity index is 2.09. The standard InChI is InChI=1S/C19H27N3O6/c1-19(2,3)28-18(24)21-11-9-20(10-12-21)16(17(23)27-4)13-14-7-5-6-8-15(14)22(25)26/h5-8,16H,9-13H2,1-4H3/t16-/m1/s1. The minimum Gasteiger partial charge on any atom is -0.468 e. The van der Waals surface area contributed by atoms with E-state index >= 15 is 0 Å². The van der Waals surface area contributed by atoms with Crippen LogP contribution in [0.4, 0.5) is 10.5 Å². The number of hydrogen-bond acceptors (Lipinski definition) is 7. The van der Waals surface area contributed by atoms with Crippen molar-refractivity contribution in [2.45, 2.75) is 38.8 Å². The minimum atomic E-state index is -0.660. The second-order valence-electron chi connectivity index (χ2n) is 7.63. The van der Waals surface area contributed by atoms with Crippen LogP contribution in [0.25, 0.3) is 0 Å². The van der Waals surface area contributed by atoms with Crippen molar-refractivity contribution in [3.63, 3.8) is 0 Å². The van der Waals surface area contributed by atoms with Gasteiger partial charge in [0, 0.05) is 44.2 Å². The maximum atomic E-state index is 12.4. The van der Waals surface area contributed by atoms with Gasteiger partial charge in [-0.25, -0.2) is 4.79 Å². The predicted molar refractivity (Wildman–Crippen MR) is 102 cm³/mol. The van der Waals surface area contributed by atoms with Crippen LogP contribution in [0, 0.1) is 10.1 Å². The van der Waals surface area contributed by atoms with Crippen LogP contribution in [0.2, 0.25) is 0 Å². The summed E-state index contributed by atoms with van der Waals surface area (Å²) in [5, 5.41) is 11.3. The molecule has 154 valence electrons. The van der Waals surface area contributed by atoms with E-state index in [1.54, 1.807) is 43.9 Å². The van der Waals surface area contributed by atoms with Gasteiger partial charge in [0.25, 0.3) is 5.69 Å². The van der Waals surface area contributed by atoms with Crippen LogP contribution in [0.1, 0.15) is 26.3 Å². The molecule has 28 heavy (non-hydrogen) atoms. The fraction of sp³-hybridized carbons (Fsp3) is 0.579. The largest absolute Gasteiger partial charge is 0.468 e. The molecule has 1 atom stereocenters. The summed E-state index contributed by atoms with van der Waals surface area (Å²) in [6.07, 6.45) is -0.225. The van der Waals surface area contributed by atoms with Crippen molar-refractivity contribution < 1.29 is 24.0 Å². The molecule has 0 unspecified atom stereocenters. The normalized spacial score (nSPS) is 16.4. The monoisotopic (exact) mass is 393 g/mol. The highest BCUT2D eigenvalue weighted by molar-refractivity contribution is 5.76. The highest BCUT2D eigenvalue weighted by atomic mass is 16.6. The van der Waals surface area contributed by atoms with Gasteiger partial charge in [-0.3, -0.25) is 19.8 Å². The molecule has 0 bridgehead atoms. The van der Waals surface area contributed by atoms with Gasteiger partial charge in [0.15, 0.2) is 0 Å².